The van der Waals surface area contributed by atoms with E-state index in [1.807, 2.05) is 38.4 Å². The number of nitrogens with one attached hydrogen (secondary N) is 1. The van der Waals surface area contributed by atoms with E-state index in [4.69, 9.17) is 5.73 Å². The van der Waals surface area contributed by atoms with Gasteiger partial charge in [0, 0.05) is 11.4 Å². The molecule has 1 aromatic carbocycles. The van der Waals surface area contributed by atoms with Crippen molar-refractivity contribution in [2.75, 3.05) is 25.1 Å². The summed E-state index contributed by atoms with van der Waals surface area (Å²) >= 11 is 0. The molecule has 0 aliphatic rings. The minimum atomic E-state index is 0.323. The number of benzene rings is 1. The van der Waals surface area contributed by atoms with Gasteiger partial charge in [0.15, 0.2) is 0 Å². The Bertz CT molecular complexity index is 253. The zero-order valence-corrected chi connectivity index (χ0v) is 8.41. The number of hydrogen-bond donors (Lipinski definition) is 2. The molecule has 1 atom stereocenters. The van der Waals surface area contributed by atoms with Gasteiger partial charge in [-0.15, -0.1) is 0 Å². The predicted octanol–water partition coefficient (Wildman–Crippen LogP) is 1.59. The molecular formula is C10H17N3. The normalized spacial score (nSPS) is 12.9. The van der Waals surface area contributed by atoms with Crippen LogP contribution in [0.4, 0.5) is 11.4 Å². The van der Waals surface area contributed by atoms with Crippen LogP contribution in [0.3, 0.4) is 0 Å². The molecule has 1 unspecified atom stereocenters. The van der Waals surface area contributed by atoms with Crippen molar-refractivity contribution >= 4 is 11.4 Å². The number of rotatable bonds is 3. The summed E-state index contributed by atoms with van der Waals surface area (Å²) in [6.07, 6.45) is 0.323. The lowest BCUT2D eigenvalue weighted by atomic mass is 10.3. The summed E-state index contributed by atoms with van der Waals surface area (Å²) in [4.78, 5) is 2.11. The van der Waals surface area contributed by atoms with Gasteiger partial charge in [0.05, 0.1) is 6.17 Å². The second-order valence-electron chi connectivity index (χ2n) is 3.41. The highest BCUT2D eigenvalue weighted by Crippen LogP contribution is 2.11. The molecule has 3 N–H and O–H groups in total. The Balaban J connectivity index is 2.59. The first-order valence-electron chi connectivity index (χ1n) is 4.38. The summed E-state index contributed by atoms with van der Waals surface area (Å²) < 4.78 is 0. The van der Waals surface area contributed by atoms with E-state index in [2.05, 4.69) is 17.1 Å². The highest BCUT2D eigenvalue weighted by Gasteiger charge is 2.02. The molecule has 13 heavy (non-hydrogen) atoms. The maximum Gasteiger partial charge on any atom is 0.0759 e. The van der Waals surface area contributed by atoms with Gasteiger partial charge in [-0.2, -0.15) is 0 Å². The summed E-state index contributed by atoms with van der Waals surface area (Å²) in [5.41, 5.74) is 7.47. The highest BCUT2D eigenvalue weighted by atomic mass is 15.2. The van der Waals surface area contributed by atoms with E-state index in [0.29, 0.717) is 6.17 Å². The zero-order valence-electron chi connectivity index (χ0n) is 8.41. The van der Waals surface area contributed by atoms with E-state index in [9.17, 15) is 0 Å². The summed E-state index contributed by atoms with van der Waals surface area (Å²) in [6.45, 7) is 2.11. The Morgan fingerprint density at radius 1 is 1.23 bits per heavy atom. The molecule has 0 heterocycles. The average molecular weight is 179 g/mol. The molecule has 0 aliphatic carbocycles. The van der Waals surface area contributed by atoms with Crippen molar-refractivity contribution in [1.82, 2.24) is 4.90 Å². The molecule has 0 aromatic heterocycles. The monoisotopic (exact) mass is 179 g/mol. The van der Waals surface area contributed by atoms with Crippen molar-refractivity contribution in [1.29, 1.82) is 0 Å². The average Bonchev–Trinajstić information content (AvgIpc) is 2.08. The number of anilines is 2. The standard InChI is InChI=1S/C10H17N3/c1-8(13(2)3)12-10-6-4-9(11)5-7-10/h4-8,12H,11H2,1-3H3. The van der Waals surface area contributed by atoms with Crippen molar-refractivity contribution < 1.29 is 0 Å². The van der Waals surface area contributed by atoms with Crippen molar-refractivity contribution in [3.05, 3.63) is 24.3 Å². The molecule has 3 nitrogen and oxygen atoms in total. The van der Waals surface area contributed by atoms with Crippen LogP contribution in [0.2, 0.25) is 0 Å². The topological polar surface area (TPSA) is 41.3 Å². The van der Waals surface area contributed by atoms with Crippen molar-refractivity contribution in [2.45, 2.75) is 13.1 Å². The van der Waals surface area contributed by atoms with Crippen LogP contribution in [-0.2, 0) is 0 Å². The van der Waals surface area contributed by atoms with Gasteiger partial charge in [-0.05, 0) is 45.3 Å². The van der Waals surface area contributed by atoms with Crippen LogP contribution in [0.5, 0.6) is 0 Å². The maximum absolute atomic E-state index is 5.58. The van der Waals surface area contributed by atoms with Crippen LogP contribution in [0.1, 0.15) is 6.92 Å². The Morgan fingerprint density at radius 2 is 1.77 bits per heavy atom. The van der Waals surface area contributed by atoms with Gasteiger partial charge < -0.3 is 11.1 Å². The van der Waals surface area contributed by atoms with Crippen LogP contribution in [0, 0.1) is 0 Å². The third-order valence-electron chi connectivity index (χ3n) is 2.06. The molecule has 0 aliphatic heterocycles. The van der Waals surface area contributed by atoms with E-state index in [1.165, 1.54) is 0 Å². The second-order valence-corrected chi connectivity index (χ2v) is 3.41. The van der Waals surface area contributed by atoms with Crippen molar-refractivity contribution in [3.8, 4) is 0 Å². The minimum Gasteiger partial charge on any atom is -0.399 e. The van der Waals surface area contributed by atoms with E-state index in [-0.39, 0.29) is 0 Å². The third kappa shape index (κ3) is 2.95. The molecule has 0 spiro atoms. The van der Waals surface area contributed by atoms with E-state index in [1.54, 1.807) is 0 Å². The number of nitrogen functional groups attached to an aromatic ring is 1. The van der Waals surface area contributed by atoms with Gasteiger partial charge in [0.2, 0.25) is 0 Å². The van der Waals surface area contributed by atoms with Gasteiger partial charge in [-0.1, -0.05) is 0 Å². The molecule has 1 aromatic rings. The number of nitrogens with zero attached hydrogens (tertiary/aromatic N) is 1. The van der Waals surface area contributed by atoms with Gasteiger partial charge in [0.25, 0.3) is 0 Å². The smallest absolute Gasteiger partial charge is 0.0759 e. The van der Waals surface area contributed by atoms with Crippen LogP contribution >= 0.6 is 0 Å². The van der Waals surface area contributed by atoms with Crippen LogP contribution in [-0.4, -0.2) is 25.2 Å². The molecule has 0 saturated heterocycles. The molecule has 72 valence electrons. The molecular weight excluding hydrogens is 162 g/mol. The van der Waals surface area contributed by atoms with Gasteiger partial charge in [-0.25, -0.2) is 0 Å². The Labute approximate surface area is 79.5 Å². The summed E-state index contributed by atoms with van der Waals surface area (Å²) in [6, 6.07) is 7.75. The third-order valence-corrected chi connectivity index (χ3v) is 2.06. The maximum atomic E-state index is 5.58. The lowest BCUT2D eigenvalue weighted by Gasteiger charge is -2.22. The fourth-order valence-electron chi connectivity index (χ4n) is 0.950. The SMILES string of the molecule is CC(Nc1ccc(N)cc1)N(C)C. The first-order chi connectivity index (χ1) is 6.09. The Hall–Kier alpha value is -1.22. The summed E-state index contributed by atoms with van der Waals surface area (Å²) in [5, 5.41) is 3.34. The van der Waals surface area contributed by atoms with E-state index < -0.39 is 0 Å². The minimum absolute atomic E-state index is 0.323. The Morgan fingerprint density at radius 3 is 2.23 bits per heavy atom. The van der Waals surface area contributed by atoms with Crippen LogP contribution in [0.15, 0.2) is 24.3 Å². The number of hydrogen-bond acceptors (Lipinski definition) is 3. The fourth-order valence-corrected chi connectivity index (χ4v) is 0.950. The fraction of sp³-hybridized carbons (Fsp3) is 0.400. The molecule has 1 rings (SSSR count). The molecule has 0 fully saturated rings. The quantitative estimate of drug-likeness (QED) is 0.547. The van der Waals surface area contributed by atoms with Crippen LogP contribution in [0.25, 0.3) is 0 Å². The summed E-state index contributed by atoms with van der Waals surface area (Å²) in [5.74, 6) is 0. The van der Waals surface area contributed by atoms with Crippen LogP contribution < -0.4 is 11.1 Å². The first kappa shape index (κ1) is 9.86. The Kier molecular flexibility index (Phi) is 3.14. The van der Waals surface area contributed by atoms with Crippen molar-refractivity contribution in [2.24, 2.45) is 0 Å². The molecule has 0 radical (unpaired) electrons. The lowest BCUT2D eigenvalue weighted by Crippen LogP contribution is -2.31. The second kappa shape index (κ2) is 4.14. The van der Waals surface area contributed by atoms with E-state index >= 15 is 0 Å². The molecule has 3 heteroatoms. The van der Waals surface area contributed by atoms with Gasteiger partial charge in [0.1, 0.15) is 0 Å². The largest absolute Gasteiger partial charge is 0.399 e. The van der Waals surface area contributed by atoms with Crippen molar-refractivity contribution in [3.63, 3.8) is 0 Å². The molecule has 0 saturated carbocycles. The predicted molar refractivity (Wildman–Crippen MR) is 57.6 cm³/mol. The van der Waals surface area contributed by atoms with Gasteiger partial charge >= 0.3 is 0 Å². The summed E-state index contributed by atoms with van der Waals surface area (Å²) in [7, 11) is 4.07. The molecule has 0 bridgehead atoms. The first-order valence-corrected chi connectivity index (χ1v) is 4.38. The number of nitrogens with two attached hydrogens (primary N) is 1. The van der Waals surface area contributed by atoms with Gasteiger partial charge in [-0.3, -0.25) is 4.90 Å². The zero-order chi connectivity index (χ0) is 9.84. The molecule has 0 amide bonds. The van der Waals surface area contributed by atoms with E-state index in [0.717, 1.165) is 11.4 Å². The highest BCUT2D eigenvalue weighted by molar-refractivity contribution is 5.51. The lowest BCUT2D eigenvalue weighted by molar-refractivity contribution is 0.343.